The minimum Gasteiger partial charge on any atom is -0.391 e. The van der Waals surface area contributed by atoms with Crippen molar-refractivity contribution in [3.63, 3.8) is 0 Å². The van der Waals surface area contributed by atoms with Gasteiger partial charge in [-0.05, 0) is 37.5 Å². The second-order valence-corrected chi connectivity index (χ2v) is 6.10. The summed E-state index contributed by atoms with van der Waals surface area (Å²) in [5.74, 6) is -0.00949. The van der Waals surface area contributed by atoms with E-state index in [1.807, 2.05) is 25.1 Å². The maximum absolute atomic E-state index is 12.6. The van der Waals surface area contributed by atoms with E-state index in [2.05, 4.69) is 15.9 Å². The first-order chi connectivity index (χ1) is 9.02. The van der Waals surface area contributed by atoms with Crippen LogP contribution in [0.2, 0.25) is 0 Å². The van der Waals surface area contributed by atoms with Crippen LogP contribution in [0.4, 0.5) is 0 Å². The summed E-state index contributed by atoms with van der Waals surface area (Å²) in [5, 5.41) is 10.1. The summed E-state index contributed by atoms with van der Waals surface area (Å²) < 4.78 is 0.941. The van der Waals surface area contributed by atoms with Crippen LogP contribution in [-0.4, -0.2) is 35.1 Å². The lowest BCUT2D eigenvalue weighted by molar-refractivity contribution is 0.0267. The summed E-state index contributed by atoms with van der Waals surface area (Å²) in [5.41, 5.74) is 1.65. The van der Waals surface area contributed by atoms with Crippen molar-refractivity contribution < 1.29 is 9.90 Å². The van der Waals surface area contributed by atoms with Gasteiger partial charge >= 0.3 is 0 Å². The van der Waals surface area contributed by atoms with Crippen LogP contribution >= 0.6 is 15.9 Å². The van der Waals surface area contributed by atoms with E-state index in [9.17, 15) is 9.90 Å². The fraction of sp³-hybridized carbons (Fsp3) is 0.533. The zero-order valence-corrected chi connectivity index (χ0v) is 13.0. The number of amides is 1. The van der Waals surface area contributed by atoms with Crippen molar-refractivity contribution in [1.82, 2.24) is 4.90 Å². The number of rotatable bonds is 2. The number of carbonyl (C=O) groups excluding carboxylic acids is 1. The van der Waals surface area contributed by atoms with Gasteiger partial charge in [0, 0.05) is 17.1 Å². The van der Waals surface area contributed by atoms with E-state index in [0.29, 0.717) is 5.56 Å². The van der Waals surface area contributed by atoms with Crippen LogP contribution in [0.1, 0.15) is 41.6 Å². The van der Waals surface area contributed by atoms with Crippen molar-refractivity contribution in [1.29, 1.82) is 0 Å². The van der Waals surface area contributed by atoms with Gasteiger partial charge in [0.25, 0.3) is 5.91 Å². The van der Waals surface area contributed by atoms with E-state index in [1.165, 1.54) is 0 Å². The molecular weight excluding hydrogens is 306 g/mol. The number of hydrogen-bond donors (Lipinski definition) is 1. The Morgan fingerprint density at radius 1 is 1.37 bits per heavy atom. The fourth-order valence-electron chi connectivity index (χ4n) is 2.72. The molecule has 104 valence electrons. The molecule has 0 radical (unpaired) electrons. The molecule has 3 nitrogen and oxygen atoms in total. The van der Waals surface area contributed by atoms with Crippen molar-refractivity contribution in [3.8, 4) is 0 Å². The van der Waals surface area contributed by atoms with Gasteiger partial charge in [-0.3, -0.25) is 4.79 Å². The lowest BCUT2D eigenvalue weighted by Gasteiger charge is -2.35. The molecule has 2 rings (SSSR count). The van der Waals surface area contributed by atoms with Crippen LogP contribution in [0.25, 0.3) is 0 Å². The molecule has 0 aromatic heterocycles. The predicted octanol–water partition coefficient (Wildman–Crippen LogP) is 3.13. The SMILES string of the molecule is Cc1c(Br)cccc1C(=O)N(C)C1CCCCC1O. The molecule has 1 aromatic carbocycles. The molecule has 4 heteroatoms. The number of nitrogens with zero attached hydrogens (tertiary/aromatic N) is 1. The van der Waals surface area contributed by atoms with Crippen LogP contribution in [0.3, 0.4) is 0 Å². The maximum Gasteiger partial charge on any atom is 0.254 e. The van der Waals surface area contributed by atoms with Crippen LogP contribution in [0.5, 0.6) is 0 Å². The third-order valence-electron chi connectivity index (χ3n) is 4.01. The Balaban J connectivity index is 2.21. The molecule has 1 aromatic rings. The molecule has 1 aliphatic rings. The molecule has 0 spiro atoms. The van der Waals surface area contributed by atoms with Gasteiger partial charge in [-0.15, -0.1) is 0 Å². The second-order valence-electron chi connectivity index (χ2n) is 5.25. The number of halogens is 1. The van der Waals surface area contributed by atoms with E-state index in [1.54, 1.807) is 11.9 Å². The smallest absolute Gasteiger partial charge is 0.254 e. The highest BCUT2D eigenvalue weighted by atomic mass is 79.9. The topological polar surface area (TPSA) is 40.5 Å². The molecule has 1 fully saturated rings. The van der Waals surface area contributed by atoms with Crippen molar-refractivity contribution in [2.45, 2.75) is 44.8 Å². The van der Waals surface area contributed by atoms with Gasteiger partial charge in [0.2, 0.25) is 0 Å². The van der Waals surface area contributed by atoms with Crippen LogP contribution < -0.4 is 0 Å². The zero-order valence-electron chi connectivity index (χ0n) is 11.4. The van der Waals surface area contributed by atoms with E-state index in [4.69, 9.17) is 0 Å². The van der Waals surface area contributed by atoms with Crippen molar-refractivity contribution in [2.75, 3.05) is 7.05 Å². The largest absolute Gasteiger partial charge is 0.391 e. The molecule has 2 unspecified atom stereocenters. The van der Waals surface area contributed by atoms with Crippen LogP contribution in [0, 0.1) is 6.92 Å². The monoisotopic (exact) mass is 325 g/mol. The van der Waals surface area contributed by atoms with Gasteiger partial charge in [0.05, 0.1) is 12.1 Å². The maximum atomic E-state index is 12.6. The quantitative estimate of drug-likeness (QED) is 0.907. The van der Waals surface area contributed by atoms with Gasteiger partial charge in [-0.1, -0.05) is 34.8 Å². The number of aliphatic hydroxyl groups is 1. The molecule has 1 amide bonds. The predicted molar refractivity (Wildman–Crippen MR) is 79.2 cm³/mol. The van der Waals surface area contributed by atoms with Crippen LogP contribution in [0.15, 0.2) is 22.7 Å². The zero-order chi connectivity index (χ0) is 14.0. The molecular formula is C15H20BrNO2. The highest BCUT2D eigenvalue weighted by molar-refractivity contribution is 9.10. The Bertz CT molecular complexity index is 475. The van der Waals surface area contributed by atoms with E-state index < -0.39 is 6.10 Å². The number of aliphatic hydroxyl groups excluding tert-OH is 1. The van der Waals surface area contributed by atoms with E-state index in [0.717, 1.165) is 35.7 Å². The molecule has 1 aliphatic carbocycles. The number of carbonyl (C=O) groups is 1. The van der Waals surface area contributed by atoms with Gasteiger partial charge in [0.15, 0.2) is 0 Å². The summed E-state index contributed by atoms with van der Waals surface area (Å²) in [4.78, 5) is 14.3. The molecule has 1 N–H and O–H groups in total. The molecule has 1 saturated carbocycles. The van der Waals surface area contributed by atoms with Gasteiger partial charge < -0.3 is 10.0 Å². The first-order valence-electron chi connectivity index (χ1n) is 6.72. The highest BCUT2D eigenvalue weighted by Gasteiger charge is 2.30. The summed E-state index contributed by atoms with van der Waals surface area (Å²) >= 11 is 3.45. The van der Waals surface area contributed by atoms with Crippen molar-refractivity contribution in [2.24, 2.45) is 0 Å². The number of likely N-dealkylation sites (N-methyl/N-ethyl adjacent to an activating group) is 1. The molecule has 0 bridgehead atoms. The Hall–Kier alpha value is -0.870. The standard InChI is InChI=1S/C15H20BrNO2/c1-10-11(6-5-7-12(10)16)15(19)17(2)13-8-3-4-9-14(13)18/h5-7,13-14,18H,3-4,8-9H2,1-2H3. The van der Waals surface area contributed by atoms with Crippen molar-refractivity contribution in [3.05, 3.63) is 33.8 Å². The minimum absolute atomic E-state index is 0.00949. The minimum atomic E-state index is -0.393. The van der Waals surface area contributed by atoms with E-state index >= 15 is 0 Å². The lowest BCUT2D eigenvalue weighted by Crippen LogP contribution is -2.46. The normalized spacial score (nSPS) is 23.2. The summed E-state index contributed by atoms with van der Waals surface area (Å²) in [6.07, 6.45) is 3.41. The number of benzene rings is 1. The average Bonchev–Trinajstić information content (AvgIpc) is 2.41. The first kappa shape index (κ1) is 14.5. The molecule has 0 aliphatic heterocycles. The third kappa shape index (κ3) is 3.00. The van der Waals surface area contributed by atoms with Gasteiger partial charge in [0.1, 0.15) is 0 Å². The Kier molecular flexibility index (Phi) is 4.63. The highest BCUT2D eigenvalue weighted by Crippen LogP contribution is 2.26. The summed E-state index contributed by atoms with van der Waals surface area (Å²) in [6, 6.07) is 5.59. The summed E-state index contributed by atoms with van der Waals surface area (Å²) in [6.45, 7) is 1.93. The number of hydrogen-bond acceptors (Lipinski definition) is 2. The molecule has 2 atom stereocenters. The van der Waals surface area contributed by atoms with Crippen LogP contribution in [-0.2, 0) is 0 Å². The Morgan fingerprint density at radius 2 is 2.05 bits per heavy atom. The molecule has 19 heavy (non-hydrogen) atoms. The Morgan fingerprint density at radius 3 is 2.74 bits per heavy atom. The second kappa shape index (κ2) is 6.06. The third-order valence-corrected chi connectivity index (χ3v) is 4.87. The fourth-order valence-corrected chi connectivity index (χ4v) is 3.09. The molecule has 0 heterocycles. The lowest BCUT2D eigenvalue weighted by atomic mass is 9.91. The Labute approximate surface area is 122 Å². The molecule has 0 saturated heterocycles. The van der Waals surface area contributed by atoms with Gasteiger partial charge in [-0.2, -0.15) is 0 Å². The van der Waals surface area contributed by atoms with Gasteiger partial charge in [-0.25, -0.2) is 0 Å². The average molecular weight is 326 g/mol. The summed E-state index contributed by atoms with van der Waals surface area (Å²) in [7, 11) is 1.79. The first-order valence-corrected chi connectivity index (χ1v) is 7.52. The van der Waals surface area contributed by atoms with Crippen molar-refractivity contribution >= 4 is 21.8 Å². The van der Waals surface area contributed by atoms with E-state index in [-0.39, 0.29) is 11.9 Å².